The number of alkyl halides is 2. The van der Waals surface area contributed by atoms with Crippen molar-refractivity contribution in [1.82, 2.24) is 20.3 Å². The van der Waals surface area contributed by atoms with E-state index in [1.807, 2.05) is 6.07 Å². The molecule has 2 aromatic carbocycles. The number of ether oxygens (including phenoxy) is 2. The van der Waals surface area contributed by atoms with Crippen molar-refractivity contribution in [3.63, 3.8) is 0 Å². The zero-order chi connectivity index (χ0) is 31.8. The molecule has 2 aromatic rings. The molecule has 0 fully saturated rings. The third kappa shape index (κ3) is 9.07. The lowest BCUT2D eigenvalue weighted by atomic mass is 9.98. The molecule has 0 saturated heterocycles. The number of benzene rings is 2. The molecule has 2 amide bonds. The van der Waals surface area contributed by atoms with Crippen LogP contribution in [0.15, 0.2) is 53.4 Å². The molecule has 2 atom stereocenters. The minimum Gasteiger partial charge on any atom is -0.395 e. The predicted octanol–water partition coefficient (Wildman–Crippen LogP) is 1.71. The molecule has 12 nitrogen and oxygen atoms in total. The number of aliphatic hydroxyl groups is 1. The Labute approximate surface area is 249 Å². The van der Waals surface area contributed by atoms with Crippen LogP contribution < -0.4 is 25.4 Å². The molecule has 0 bridgehead atoms. The molecule has 3 rings (SSSR count). The molecule has 234 valence electrons. The number of rotatable bonds is 15. The maximum atomic E-state index is 14.0. The highest BCUT2D eigenvalue weighted by atomic mass is 32.2. The summed E-state index contributed by atoms with van der Waals surface area (Å²) in [7, 11) is -2.98. The number of hydrogen-bond donors (Lipinski definition) is 4. The monoisotopic (exact) mass is 623 g/mol. The van der Waals surface area contributed by atoms with E-state index in [0.717, 1.165) is 22.5 Å². The van der Waals surface area contributed by atoms with Crippen molar-refractivity contribution in [2.24, 2.45) is 5.92 Å². The second-order valence-electron chi connectivity index (χ2n) is 10.4. The van der Waals surface area contributed by atoms with Gasteiger partial charge in [0.1, 0.15) is 11.8 Å². The van der Waals surface area contributed by atoms with Gasteiger partial charge in [0.2, 0.25) is 21.8 Å². The maximum Gasteiger partial charge on any atom is 0.586 e. The van der Waals surface area contributed by atoms with Crippen molar-refractivity contribution in [3.8, 4) is 17.6 Å². The Bertz CT molecular complexity index is 1440. The van der Waals surface area contributed by atoms with Gasteiger partial charge in [0.15, 0.2) is 11.5 Å². The van der Waals surface area contributed by atoms with Crippen molar-refractivity contribution in [1.29, 1.82) is 5.26 Å². The summed E-state index contributed by atoms with van der Waals surface area (Å²) in [5.74, 6) is -2.15. The number of amides is 2. The summed E-state index contributed by atoms with van der Waals surface area (Å²) in [5.41, 5.74) is -1.49. The molecular formula is C28H35F2N5O7S. The molecular weight excluding hydrogens is 588 g/mol. The number of nitrogens with one attached hydrogen (secondary N) is 3. The fourth-order valence-electron chi connectivity index (χ4n) is 4.46. The third-order valence-corrected chi connectivity index (χ3v) is 8.27. The van der Waals surface area contributed by atoms with Crippen LogP contribution in [0.25, 0.3) is 0 Å². The van der Waals surface area contributed by atoms with Crippen LogP contribution in [-0.2, 0) is 26.0 Å². The van der Waals surface area contributed by atoms with Crippen LogP contribution >= 0.6 is 0 Å². The van der Waals surface area contributed by atoms with Gasteiger partial charge in [-0.15, -0.1) is 8.78 Å². The summed E-state index contributed by atoms with van der Waals surface area (Å²) in [6.07, 6.45) is -4.75. The number of halogens is 2. The number of nitrogens with zero attached hydrogens (tertiary/aromatic N) is 2. The van der Waals surface area contributed by atoms with Crippen molar-refractivity contribution >= 4 is 21.8 Å². The van der Waals surface area contributed by atoms with Crippen LogP contribution in [-0.4, -0.2) is 74.4 Å². The van der Waals surface area contributed by atoms with Crippen LogP contribution in [0.2, 0.25) is 0 Å². The molecule has 15 heteroatoms. The van der Waals surface area contributed by atoms with Crippen LogP contribution in [0.5, 0.6) is 11.5 Å². The Morgan fingerprint density at radius 1 is 1.12 bits per heavy atom. The fourth-order valence-corrected chi connectivity index (χ4v) is 6.31. The summed E-state index contributed by atoms with van der Waals surface area (Å²) in [5, 5.41) is 29.0. The topological polar surface area (TPSA) is 170 Å². The Hall–Kier alpha value is -3.84. The quantitative estimate of drug-likeness (QED) is 0.216. The highest BCUT2D eigenvalue weighted by Crippen LogP contribution is 2.43. The average molecular weight is 624 g/mol. The first-order chi connectivity index (χ1) is 20.2. The highest BCUT2D eigenvalue weighted by Gasteiger charge is 2.46. The largest absolute Gasteiger partial charge is 0.586 e. The normalized spacial score (nSPS) is 15.9. The van der Waals surface area contributed by atoms with Gasteiger partial charge in [-0.2, -0.15) is 9.57 Å². The smallest absolute Gasteiger partial charge is 0.395 e. The number of carbonyl (C=O) groups is 2. The maximum absolute atomic E-state index is 14.0. The molecule has 1 aliphatic heterocycles. The van der Waals surface area contributed by atoms with Gasteiger partial charge < -0.3 is 30.5 Å². The Balaban J connectivity index is 1.88. The summed E-state index contributed by atoms with van der Waals surface area (Å²) in [6.45, 7) is 3.11. The first-order valence-electron chi connectivity index (χ1n) is 13.5. The Kier molecular flexibility index (Phi) is 11.0. The average Bonchev–Trinajstić information content (AvgIpc) is 3.24. The SMILES string of the molecule is CNCC(=O)NC(C#N)CC(=O)NCCC(O)(Cc1ccccc1)N(CC(C)C)S(=O)(=O)c1ccc2c(c1)OC(F)(F)O2. The zero-order valence-electron chi connectivity index (χ0n) is 24.0. The lowest BCUT2D eigenvalue weighted by molar-refractivity contribution is -0.286. The summed E-state index contributed by atoms with van der Waals surface area (Å²) >= 11 is 0. The highest BCUT2D eigenvalue weighted by molar-refractivity contribution is 7.89. The number of likely N-dealkylation sites (N-methyl/N-ethyl adjacent to an activating group) is 1. The summed E-state index contributed by atoms with van der Waals surface area (Å²) in [4.78, 5) is 24.0. The number of sulfonamides is 1. The third-order valence-electron chi connectivity index (χ3n) is 6.35. The Morgan fingerprint density at radius 3 is 2.42 bits per heavy atom. The van der Waals surface area contributed by atoms with Gasteiger partial charge in [-0.1, -0.05) is 44.2 Å². The summed E-state index contributed by atoms with van der Waals surface area (Å²) in [6, 6.07) is 12.4. The van der Waals surface area contributed by atoms with E-state index < -0.39 is 50.5 Å². The first-order valence-corrected chi connectivity index (χ1v) is 14.9. The molecule has 0 spiro atoms. The lowest BCUT2D eigenvalue weighted by Crippen LogP contribution is -2.56. The van der Waals surface area contributed by atoms with Gasteiger partial charge in [0, 0.05) is 32.0 Å². The van der Waals surface area contributed by atoms with Crippen LogP contribution in [0.1, 0.15) is 32.3 Å². The predicted molar refractivity (Wildman–Crippen MR) is 150 cm³/mol. The van der Waals surface area contributed by atoms with E-state index in [0.29, 0.717) is 5.56 Å². The molecule has 1 aliphatic rings. The van der Waals surface area contributed by atoms with Crippen molar-refractivity contribution in [2.45, 2.75) is 56.1 Å². The van der Waals surface area contributed by atoms with Crippen LogP contribution in [0.3, 0.4) is 0 Å². The van der Waals surface area contributed by atoms with Gasteiger partial charge in [0.25, 0.3) is 0 Å². The minimum atomic E-state index is -4.53. The molecule has 0 aromatic heterocycles. The van der Waals surface area contributed by atoms with E-state index in [1.54, 1.807) is 51.2 Å². The molecule has 4 N–H and O–H groups in total. The number of fused-ring (bicyclic) bond motifs is 1. The first kappa shape index (κ1) is 33.7. The van der Waals surface area contributed by atoms with Gasteiger partial charge >= 0.3 is 6.29 Å². The van der Waals surface area contributed by atoms with E-state index in [-0.39, 0.29) is 50.6 Å². The molecule has 0 saturated carbocycles. The lowest BCUT2D eigenvalue weighted by Gasteiger charge is -2.40. The van der Waals surface area contributed by atoms with Crippen molar-refractivity contribution in [2.75, 3.05) is 26.7 Å². The van der Waals surface area contributed by atoms with E-state index in [1.165, 1.54) is 0 Å². The van der Waals surface area contributed by atoms with Gasteiger partial charge in [0.05, 0.1) is 23.9 Å². The number of hydrogen-bond acceptors (Lipinski definition) is 9. The second-order valence-corrected chi connectivity index (χ2v) is 12.3. The van der Waals surface area contributed by atoms with Gasteiger partial charge in [-0.25, -0.2) is 8.42 Å². The molecule has 1 heterocycles. The van der Waals surface area contributed by atoms with Crippen molar-refractivity contribution in [3.05, 3.63) is 54.1 Å². The zero-order valence-corrected chi connectivity index (χ0v) is 24.8. The van der Waals surface area contributed by atoms with E-state index in [4.69, 9.17) is 0 Å². The van der Waals surface area contributed by atoms with E-state index in [2.05, 4.69) is 25.4 Å². The molecule has 43 heavy (non-hydrogen) atoms. The van der Waals surface area contributed by atoms with Crippen LogP contribution in [0, 0.1) is 17.2 Å². The van der Waals surface area contributed by atoms with Crippen molar-refractivity contribution < 1.29 is 41.4 Å². The molecule has 2 unspecified atom stereocenters. The van der Waals surface area contributed by atoms with E-state index >= 15 is 0 Å². The number of carbonyl (C=O) groups excluding carboxylic acids is 2. The standard InChI is InChI=1S/C28H35F2N5O7S/c1-19(2)18-35(43(39,40)22-9-10-23-24(14-22)42-28(29,30)41-23)27(38,15-20-7-5-4-6-8-20)11-12-33-25(36)13-21(16-31)34-26(37)17-32-3/h4-10,14,19,21,32,38H,11-13,15,17-18H2,1-3H3,(H,33,36)(H,34,37). The van der Waals surface area contributed by atoms with Gasteiger partial charge in [-0.3, -0.25) is 9.59 Å². The fraction of sp³-hybridized carbons (Fsp3) is 0.464. The molecule has 0 aliphatic carbocycles. The number of nitriles is 1. The van der Waals surface area contributed by atoms with E-state index in [9.17, 15) is 37.2 Å². The van der Waals surface area contributed by atoms with Crippen LogP contribution in [0.4, 0.5) is 8.78 Å². The summed E-state index contributed by atoms with van der Waals surface area (Å²) < 4.78 is 65.0. The Morgan fingerprint density at radius 2 is 1.79 bits per heavy atom. The van der Waals surface area contributed by atoms with Gasteiger partial charge in [-0.05, 0) is 30.7 Å². The second kappa shape index (κ2) is 14.1. The molecule has 0 radical (unpaired) electrons. The minimum absolute atomic E-state index is 0.0434.